The van der Waals surface area contributed by atoms with E-state index in [-0.39, 0.29) is 62.7 Å². The highest BCUT2D eigenvalue weighted by Crippen LogP contribution is 2.43. The molecule has 3 saturated heterocycles. The first-order valence-electron chi connectivity index (χ1n) is 27.1. The van der Waals surface area contributed by atoms with Crippen molar-refractivity contribution in [1.82, 2.24) is 30.7 Å². The molecule has 412 valence electrons. The molecule has 5 amide bonds. The molecule has 9 rings (SSSR count). The molecular formula is C56H73N11O10. The fourth-order valence-corrected chi connectivity index (χ4v) is 10.9. The lowest BCUT2D eigenvalue weighted by atomic mass is 9.68. The van der Waals surface area contributed by atoms with Gasteiger partial charge in [0.15, 0.2) is 5.82 Å². The molecule has 7 N–H and O–H groups in total. The van der Waals surface area contributed by atoms with Gasteiger partial charge in [0.2, 0.25) is 17.7 Å². The number of urea groups is 1. The molecule has 5 heterocycles. The fraction of sp³-hybridized carbons (Fsp3) is 0.536. The summed E-state index contributed by atoms with van der Waals surface area (Å²) in [5, 5.41) is 17.1. The number of para-hydroxylation sites is 1. The number of nitrogen functional groups attached to an aromatic ring is 1. The molecule has 3 unspecified atom stereocenters. The van der Waals surface area contributed by atoms with Crippen LogP contribution in [0.15, 0.2) is 72.9 Å². The molecule has 2 aliphatic carbocycles. The summed E-state index contributed by atoms with van der Waals surface area (Å²) in [4.78, 5) is 74.9. The summed E-state index contributed by atoms with van der Waals surface area (Å²) in [5.41, 5.74) is 14.6. The first kappa shape index (κ1) is 54.4. The van der Waals surface area contributed by atoms with Crippen LogP contribution >= 0.6 is 0 Å². The number of hydrogen-bond donors (Lipinski definition) is 5. The van der Waals surface area contributed by atoms with E-state index in [0.717, 1.165) is 74.1 Å². The number of amides is 5. The fourth-order valence-electron chi connectivity index (χ4n) is 10.9. The number of nitrogens with one attached hydrogen (secondary N) is 3. The number of esters is 1. The van der Waals surface area contributed by atoms with Gasteiger partial charge < -0.3 is 65.8 Å². The summed E-state index contributed by atoms with van der Waals surface area (Å²) >= 11 is 0. The minimum absolute atomic E-state index is 0.0330. The lowest BCUT2D eigenvalue weighted by Gasteiger charge is -2.43. The summed E-state index contributed by atoms with van der Waals surface area (Å²) in [7, 11) is 0. The van der Waals surface area contributed by atoms with Crippen molar-refractivity contribution in [2.75, 3.05) is 60.2 Å². The van der Waals surface area contributed by atoms with Gasteiger partial charge >= 0.3 is 18.1 Å². The lowest BCUT2D eigenvalue weighted by Crippen LogP contribution is -2.56. The van der Waals surface area contributed by atoms with E-state index in [2.05, 4.69) is 53.1 Å². The van der Waals surface area contributed by atoms with Crippen LogP contribution in [0, 0.1) is 5.41 Å². The second kappa shape index (κ2) is 23.9. The first-order chi connectivity index (χ1) is 37.0. The number of anilines is 4. The van der Waals surface area contributed by atoms with Crippen LogP contribution in [-0.2, 0) is 35.2 Å². The number of ether oxygens (including phenoxy) is 5. The van der Waals surface area contributed by atoms with E-state index in [1.165, 1.54) is 0 Å². The second-order valence-electron chi connectivity index (χ2n) is 21.8. The number of benzene rings is 2. The minimum Gasteiger partial charge on any atom is -0.488 e. The van der Waals surface area contributed by atoms with Crippen molar-refractivity contribution in [3.05, 3.63) is 78.5 Å². The van der Waals surface area contributed by atoms with Gasteiger partial charge in [-0.1, -0.05) is 30.7 Å². The number of pyridine rings is 1. The molecule has 2 aromatic heterocycles. The maximum atomic E-state index is 13.6. The number of nitrogens with zero attached hydrogens (tertiary/aromatic N) is 6. The van der Waals surface area contributed by atoms with Gasteiger partial charge in [0.05, 0.1) is 30.2 Å². The van der Waals surface area contributed by atoms with Crippen LogP contribution in [0.4, 0.5) is 32.5 Å². The summed E-state index contributed by atoms with van der Waals surface area (Å²) in [6, 6.07) is 19.7. The van der Waals surface area contributed by atoms with E-state index in [0.29, 0.717) is 67.6 Å². The van der Waals surface area contributed by atoms with Crippen LogP contribution < -0.4 is 46.7 Å². The van der Waals surface area contributed by atoms with E-state index >= 15 is 0 Å². The SMILES string of the molecule is CCOC(=O)C1(C(=O)NC(CCCNC(N)=O)C(=O)Nc2ccc(COc3ccccc3-c3cc(N4CC5CCC(C4)N5c4ccnc(OC5CC(OC6CCN(C(=O)OC(C)(C)C)CC6)C5)c4)c(N)nn3)cc2)CCC1. The number of nitrogens with two attached hydrogens (primary N) is 2. The lowest BCUT2D eigenvalue weighted by molar-refractivity contribution is -0.167. The minimum atomic E-state index is -1.32. The molecule has 3 aliphatic heterocycles. The molecule has 21 nitrogen and oxygen atoms in total. The topological polar surface area (TPSA) is 268 Å². The quantitative estimate of drug-likeness (QED) is 0.0360. The largest absolute Gasteiger partial charge is 0.488 e. The number of rotatable bonds is 20. The maximum absolute atomic E-state index is 13.6. The third-order valence-electron chi connectivity index (χ3n) is 15.1. The van der Waals surface area contributed by atoms with E-state index in [9.17, 15) is 24.0 Å². The van der Waals surface area contributed by atoms with Crippen LogP contribution in [-0.4, -0.2) is 131 Å². The van der Waals surface area contributed by atoms with Crippen molar-refractivity contribution in [2.24, 2.45) is 11.1 Å². The van der Waals surface area contributed by atoms with Gasteiger partial charge in [-0.3, -0.25) is 14.4 Å². The Balaban J connectivity index is 0.771. The molecule has 4 aromatic rings. The van der Waals surface area contributed by atoms with Crippen molar-refractivity contribution in [1.29, 1.82) is 0 Å². The van der Waals surface area contributed by atoms with Crippen LogP contribution in [0.5, 0.6) is 11.6 Å². The summed E-state index contributed by atoms with van der Waals surface area (Å²) in [5.74, 6) is -0.0432. The van der Waals surface area contributed by atoms with Gasteiger partial charge in [-0.05, 0) is 121 Å². The average molecular weight is 1060 g/mol. The van der Waals surface area contributed by atoms with Crippen LogP contribution in [0.25, 0.3) is 11.3 Å². The number of piperidine rings is 1. The van der Waals surface area contributed by atoms with Gasteiger partial charge in [-0.15, -0.1) is 10.2 Å². The molecule has 0 spiro atoms. The molecule has 2 bridgehead atoms. The van der Waals surface area contributed by atoms with Crippen molar-refractivity contribution >= 4 is 52.8 Å². The number of primary amides is 1. The number of carbonyl (C=O) groups excluding carboxylic acids is 5. The predicted octanol–water partition coefficient (Wildman–Crippen LogP) is 6.49. The number of likely N-dealkylation sites (tertiary alicyclic amines) is 1. The summed E-state index contributed by atoms with van der Waals surface area (Å²) in [6.45, 7) is 10.6. The van der Waals surface area contributed by atoms with Crippen molar-refractivity contribution in [2.45, 2.75) is 147 Å². The zero-order valence-corrected chi connectivity index (χ0v) is 44.5. The standard InChI is InChI=1S/C56H73N11O10/c1-5-73-52(70)56(22-9-23-56)51(69)62-44(11-8-24-60-53(58)71)50(68)61-36-15-13-35(14-16-36)34-74-47-12-7-6-10-43(47)45-31-46(49(57)64-63-45)66-32-38-17-18-39(33-66)67(38)37-19-25-59-48(28-37)76-42-29-41(30-42)75-40-20-26-65(27-21-40)54(72)77-55(2,3)4/h6-7,10,12-16,19,25,28,31,38-42,44H,5,8-9,11,17-18,20-24,26-27,29-30,32-34H2,1-4H3,(H2,57,64)(H,61,68)(H,62,69)(H3,58,60,71). The van der Waals surface area contributed by atoms with Crippen molar-refractivity contribution in [3.8, 4) is 22.9 Å². The Bertz CT molecular complexity index is 2730. The summed E-state index contributed by atoms with van der Waals surface area (Å²) in [6.07, 6.45) is 9.01. The molecule has 21 heteroatoms. The highest BCUT2D eigenvalue weighted by Gasteiger charge is 2.53. The Hall–Kier alpha value is -7.42. The summed E-state index contributed by atoms with van der Waals surface area (Å²) < 4.78 is 29.9. The third-order valence-corrected chi connectivity index (χ3v) is 15.1. The van der Waals surface area contributed by atoms with Crippen molar-refractivity contribution < 1.29 is 47.7 Å². The Morgan fingerprint density at radius 2 is 1.61 bits per heavy atom. The maximum Gasteiger partial charge on any atom is 0.410 e. The molecule has 5 aliphatic rings. The second-order valence-corrected chi connectivity index (χ2v) is 21.8. The Labute approximate surface area is 449 Å². The Morgan fingerprint density at radius 3 is 2.29 bits per heavy atom. The number of aromatic nitrogens is 3. The first-order valence-corrected chi connectivity index (χ1v) is 27.1. The predicted molar refractivity (Wildman–Crippen MR) is 288 cm³/mol. The van der Waals surface area contributed by atoms with E-state index in [4.69, 9.17) is 35.2 Å². The number of carbonyl (C=O) groups is 5. The highest BCUT2D eigenvalue weighted by atomic mass is 16.6. The van der Waals surface area contributed by atoms with E-state index in [1.807, 2.05) is 69.4 Å². The van der Waals surface area contributed by atoms with Crippen LogP contribution in [0.1, 0.15) is 104 Å². The smallest absolute Gasteiger partial charge is 0.410 e. The van der Waals surface area contributed by atoms with E-state index in [1.54, 1.807) is 24.0 Å². The zero-order chi connectivity index (χ0) is 54.3. The molecular weight excluding hydrogens is 987 g/mol. The van der Waals surface area contributed by atoms with Gasteiger partial charge in [0.1, 0.15) is 35.5 Å². The zero-order valence-electron chi connectivity index (χ0n) is 44.5. The Kier molecular flexibility index (Phi) is 16.8. The van der Waals surface area contributed by atoms with Crippen LogP contribution in [0.3, 0.4) is 0 Å². The average Bonchev–Trinajstić information content (AvgIpc) is 3.68. The Morgan fingerprint density at radius 1 is 0.883 bits per heavy atom. The number of piperazine rings is 1. The van der Waals surface area contributed by atoms with Crippen LogP contribution in [0.2, 0.25) is 0 Å². The molecule has 77 heavy (non-hydrogen) atoms. The van der Waals surface area contributed by atoms with Gasteiger partial charge in [0.25, 0.3) is 0 Å². The van der Waals surface area contributed by atoms with Crippen molar-refractivity contribution in [3.63, 3.8) is 0 Å². The van der Waals surface area contributed by atoms with Gasteiger partial charge in [-0.25, -0.2) is 14.6 Å². The highest BCUT2D eigenvalue weighted by molar-refractivity contribution is 6.06. The molecule has 3 atom stereocenters. The van der Waals surface area contributed by atoms with Gasteiger partial charge in [0, 0.05) is 86.9 Å². The molecule has 0 radical (unpaired) electrons. The third kappa shape index (κ3) is 13.2. The van der Waals surface area contributed by atoms with E-state index < -0.39 is 40.9 Å². The molecule has 2 saturated carbocycles. The molecule has 5 fully saturated rings. The normalized spacial score (nSPS) is 21.2. The van der Waals surface area contributed by atoms with Gasteiger partial charge in [-0.2, -0.15) is 0 Å². The molecule has 2 aromatic carbocycles. The number of fused-ring (bicyclic) bond motifs is 2. The monoisotopic (exact) mass is 1060 g/mol. The number of hydrogen-bond acceptors (Lipinski definition) is 16.